The van der Waals surface area contributed by atoms with Crippen LogP contribution in [-0.4, -0.2) is 44.3 Å². The number of ether oxygens (including phenoxy) is 2. The molecule has 1 heterocycles. The molecule has 128 valence electrons. The van der Waals surface area contributed by atoms with Gasteiger partial charge in [-0.15, -0.1) is 0 Å². The Bertz CT molecular complexity index is 543. The quantitative estimate of drug-likeness (QED) is 0.617. The van der Waals surface area contributed by atoms with Gasteiger partial charge in [-0.05, 0) is 37.7 Å². The first-order valence-corrected chi connectivity index (χ1v) is 8.88. The van der Waals surface area contributed by atoms with Gasteiger partial charge in [0.25, 0.3) is 0 Å². The van der Waals surface area contributed by atoms with Crippen molar-refractivity contribution >= 4 is 17.7 Å². The Balaban J connectivity index is 1.90. The molecule has 1 saturated heterocycles. The maximum absolute atomic E-state index is 5.43. The van der Waals surface area contributed by atoms with Gasteiger partial charge in [-0.3, -0.25) is 4.99 Å². The average Bonchev–Trinajstić information content (AvgIpc) is 3.01. The molecular weight excluding hydrogens is 310 g/mol. The van der Waals surface area contributed by atoms with E-state index in [4.69, 9.17) is 9.47 Å². The number of nitrogens with zero attached hydrogens (tertiary/aromatic N) is 1. The lowest BCUT2D eigenvalue weighted by molar-refractivity contribution is 0.390. The third kappa shape index (κ3) is 4.96. The first kappa shape index (κ1) is 17.8. The second kappa shape index (κ2) is 8.34. The Morgan fingerprint density at radius 1 is 1.30 bits per heavy atom. The molecule has 1 aromatic carbocycles. The summed E-state index contributed by atoms with van der Waals surface area (Å²) in [5.41, 5.74) is 1.07. The van der Waals surface area contributed by atoms with Gasteiger partial charge in [-0.25, -0.2) is 0 Å². The van der Waals surface area contributed by atoms with E-state index in [-0.39, 0.29) is 0 Å². The lowest BCUT2D eigenvalue weighted by Crippen LogP contribution is -2.43. The van der Waals surface area contributed by atoms with Crippen LogP contribution < -0.4 is 20.1 Å². The Kier molecular flexibility index (Phi) is 6.45. The normalized spacial score (nSPS) is 21.1. The number of guanidine groups is 1. The van der Waals surface area contributed by atoms with Crippen molar-refractivity contribution in [2.24, 2.45) is 4.99 Å². The van der Waals surface area contributed by atoms with Crippen LogP contribution in [0.15, 0.2) is 23.2 Å². The number of aliphatic imine (C=N–C) groups is 1. The van der Waals surface area contributed by atoms with Crippen molar-refractivity contribution in [2.75, 3.05) is 33.6 Å². The highest BCUT2D eigenvalue weighted by atomic mass is 32.2. The van der Waals surface area contributed by atoms with E-state index in [1.807, 2.05) is 30.0 Å². The highest BCUT2D eigenvalue weighted by Crippen LogP contribution is 2.36. The number of benzene rings is 1. The van der Waals surface area contributed by atoms with E-state index in [9.17, 15) is 0 Å². The van der Waals surface area contributed by atoms with E-state index in [1.54, 1.807) is 21.3 Å². The van der Waals surface area contributed by atoms with E-state index in [2.05, 4.69) is 22.5 Å². The third-order valence-electron chi connectivity index (χ3n) is 4.09. The second-order valence-electron chi connectivity index (χ2n) is 5.86. The summed E-state index contributed by atoms with van der Waals surface area (Å²) in [5.74, 6) is 3.68. The Hall–Kier alpha value is -1.56. The van der Waals surface area contributed by atoms with Gasteiger partial charge in [0.1, 0.15) is 11.5 Å². The molecule has 23 heavy (non-hydrogen) atoms. The third-order valence-corrected chi connectivity index (χ3v) is 5.63. The van der Waals surface area contributed by atoms with Crippen molar-refractivity contribution in [1.82, 2.24) is 10.6 Å². The standard InChI is InChI=1S/C17H27N3O2S/c1-17(8-5-9-23-17)12-20-16(18-2)19-11-13-6-7-14(21-3)10-15(13)22-4/h6-7,10H,5,8-9,11-12H2,1-4H3,(H2,18,19,20). The largest absolute Gasteiger partial charge is 0.497 e. The molecule has 0 radical (unpaired) electrons. The summed E-state index contributed by atoms with van der Waals surface area (Å²) in [6.07, 6.45) is 2.56. The van der Waals surface area contributed by atoms with Gasteiger partial charge in [0.05, 0.1) is 14.2 Å². The molecule has 2 N–H and O–H groups in total. The number of hydrogen-bond acceptors (Lipinski definition) is 4. The van der Waals surface area contributed by atoms with Gasteiger partial charge in [-0.1, -0.05) is 0 Å². The molecule has 1 aliphatic heterocycles. The van der Waals surface area contributed by atoms with Crippen molar-refractivity contribution in [3.63, 3.8) is 0 Å². The van der Waals surface area contributed by atoms with Crippen LogP contribution in [0.1, 0.15) is 25.3 Å². The molecule has 6 heteroatoms. The first-order chi connectivity index (χ1) is 11.1. The van der Waals surface area contributed by atoms with Crippen molar-refractivity contribution in [3.8, 4) is 11.5 Å². The SMILES string of the molecule is CN=C(NCc1ccc(OC)cc1OC)NCC1(C)CCCS1. The molecule has 0 amide bonds. The Morgan fingerprint density at radius 3 is 2.74 bits per heavy atom. The summed E-state index contributed by atoms with van der Waals surface area (Å²) in [5, 5.41) is 6.78. The molecule has 1 unspecified atom stereocenters. The van der Waals surface area contributed by atoms with Crippen LogP contribution in [0.4, 0.5) is 0 Å². The molecule has 0 spiro atoms. The number of rotatable bonds is 6. The predicted octanol–water partition coefficient (Wildman–Crippen LogP) is 2.65. The zero-order valence-electron chi connectivity index (χ0n) is 14.4. The highest BCUT2D eigenvalue weighted by Gasteiger charge is 2.29. The summed E-state index contributed by atoms with van der Waals surface area (Å²) in [6.45, 7) is 3.89. The molecule has 2 rings (SSSR count). The number of nitrogens with one attached hydrogen (secondary N) is 2. The molecule has 1 aromatic rings. The van der Waals surface area contributed by atoms with Gasteiger partial charge < -0.3 is 20.1 Å². The first-order valence-electron chi connectivity index (χ1n) is 7.89. The molecule has 0 bridgehead atoms. The molecule has 0 aromatic heterocycles. The second-order valence-corrected chi connectivity index (χ2v) is 7.54. The zero-order valence-corrected chi connectivity index (χ0v) is 15.3. The summed E-state index contributed by atoms with van der Waals surface area (Å²) in [4.78, 5) is 4.30. The number of hydrogen-bond donors (Lipinski definition) is 2. The lowest BCUT2D eigenvalue weighted by Gasteiger charge is -2.24. The molecule has 1 fully saturated rings. The highest BCUT2D eigenvalue weighted by molar-refractivity contribution is 8.00. The van der Waals surface area contributed by atoms with Gasteiger partial charge in [0.2, 0.25) is 0 Å². The minimum absolute atomic E-state index is 0.315. The van der Waals surface area contributed by atoms with Gasteiger partial charge in [-0.2, -0.15) is 11.8 Å². The van der Waals surface area contributed by atoms with Crippen molar-refractivity contribution in [2.45, 2.75) is 31.1 Å². The topological polar surface area (TPSA) is 54.9 Å². The monoisotopic (exact) mass is 337 g/mol. The molecule has 1 atom stereocenters. The van der Waals surface area contributed by atoms with E-state index >= 15 is 0 Å². The molecule has 0 saturated carbocycles. The van der Waals surface area contributed by atoms with Crippen LogP contribution in [-0.2, 0) is 6.54 Å². The van der Waals surface area contributed by atoms with E-state index in [1.165, 1.54) is 18.6 Å². The lowest BCUT2D eigenvalue weighted by atomic mass is 10.1. The van der Waals surface area contributed by atoms with Crippen molar-refractivity contribution in [1.29, 1.82) is 0 Å². The van der Waals surface area contributed by atoms with Crippen LogP contribution in [0.2, 0.25) is 0 Å². The fourth-order valence-electron chi connectivity index (χ4n) is 2.64. The Morgan fingerprint density at radius 2 is 2.13 bits per heavy atom. The number of thioether (sulfide) groups is 1. The van der Waals surface area contributed by atoms with Crippen molar-refractivity contribution < 1.29 is 9.47 Å². The summed E-state index contributed by atoms with van der Waals surface area (Å²) in [7, 11) is 5.12. The van der Waals surface area contributed by atoms with E-state index in [0.29, 0.717) is 11.3 Å². The molecule has 1 aliphatic rings. The summed E-state index contributed by atoms with van der Waals surface area (Å²) in [6, 6.07) is 5.83. The fourth-order valence-corrected chi connectivity index (χ4v) is 3.89. The maximum atomic E-state index is 5.43. The van der Waals surface area contributed by atoms with Gasteiger partial charge in [0.15, 0.2) is 5.96 Å². The summed E-state index contributed by atoms with van der Waals surface area (Å²) < 4.78 is 11.0. The maximum Gasteiger partial charge on any atom is 0.191 e. The molecule has 5 nitrogen and oxygen atoms in total. The Labute approximate surface area is 143 Å². The van der Waals surface area contributed by atoms with Crippen LogP contribution in [0, 0.1) is 0 Å². The van der Waals surface area contributed by atoms with Crippen LogP contribution >= 0.6 is 11.8 Å². The minimum Gasteiger partial charge on any atom is -0.497 e. The fraction of sp³-hybridized carbons (Fsp3) is 0.588. The van der Waals surface area contributed by atoms with E-state index < -0.39 is 0 Å². The van der Waals surface area contributed by atoms with E-state index in [0.717, 1.165) is 29.6 Å². The van der Waals surface area contributed by atoms with Gasteiger partial charge >= 0.3 is 0 Å². The zero-order chi connectivity index (χ0) is 16.7. The van der Waals surface area contributed by atoms with Crippen molar-refractivity contribution in [3.05, 3.63) is 23.8 Å². The minimum atomic E-state index is 0.315. The summed E-state index contributed by atoms with van der Waals surface area (Å²) >= 11 is 2.04. The number of methoxy groups -OCH3 is 2. The van der Waals surface area contributed by atoms with Crippen LogP contribution in [0.3, 0.4) is 0 Å². The van der Waals surface area contributed by atoms with Gasteiger partial charge in [0, 0.05) is 36.5 Å². The van der Waals surface area contributed by atoms with Crippen LogP contribution in [0.25, 0.3) is 0 Å². The predicted molar refractivity (Wildman–Crippen MR) is 97.8 cm³/mol. The molecular formula is C17H27N3O2S. The molecule has 0 aliphatic carbocycles. The average molecular weight is 337 g/mol. The van der Waals surface area contributed by atoms with Crippen LogP contribution in [0.5, 0.6) is 11.5 Å². The smallest absolute Gasteiger partial charge is 0.191 e.